The molecule has 2 fully saturated rings. The first kappa shape index (κ1) is 21.9. The summed E-state index contributed by atoms with van der Waals surface area (Å²) in [7, 11) is -0.722. The van der Waals surface area contributed by atoms with Crippen molar-refractivity contribution in [2.75, 3.05) is 40.3 Å². The van der Waals surface area contributed by atoms with Crippen molar-refractivity contribution in [2.45, 2.75) is 11.4 Å². The van der Waals surface area contributed by atoms with Gasteiger partial charge in [-0.2, -0.15) is 4.31 Å². The van der Waals surface area contributed by atoms with Gasteiger partial charge >= 0.3 is 0 Å². The minimum Gasteiger partial charge on any atom is -0.348 e. The standard InChI is InChI=1S/C22H25F2N3O3S/c1-25(2)21(28)22-14-26(11-16-6-4-3-5-7-16)12-17(22)13-27(15-22)31(29,30)18-8-9-19(23)20(24)10-18/h3-10,17H,11-15H2,1-2H3/t17-,22-/m0/s1. The van der Waals surface area contributed by atoms with Crippen molar-refractivity contribution < 1.29 is 22.0 Å². The van der Waals surface area contributed by atoms with Crippen molar-refractivity contribution in [3.8, 4) is 0 Å². The van der Waals surface area contributed by atoms with Crippen molar-refractivity contribution in [1.82, 2.24) is 14.1 Å². The average Bonchev–Trinajstić information content (AvgIpc) is 3.25. The Hall–Kier alpha value is -2.36. The van der Waals surface area contributed by atoms with E-state index in [4.69, 9.17) is 0 Å². The van der Waals surface area contributed by atoms with Gasteiger partial charge in [0.25, 0.3) is 0 Å². The predicted molar refractivity (Wildman–Crippen MR) is 111 cm³/mol. The van der Waals surface area contributed by atoms with E-state index in [9.17, 15) is 22.0 Å². The Morgan fingerprint density at radius 2 is 1.77 bits per heavy atom. The van der Waals surface area contributed by atoms with Crippen LogP contribution >= 0.6 is 0 Å². The van der Waals surface area contributed by atoms with Crippen LogP contribution < -0.4 is 0 Å². The van der Waals surface area contributed by atoms with E-state index in [0.29, 0.717) is 25.7 Å². The Morgan fingerprint density at radius 1 is 1.06 bits per heavy atom. The van der Waals surface area contributed by atoms with E-state index in [1.165, 1.54) is 9.21 Å². The van der Waals surface area contributed by atoms with Crippen LogP contribution in [0.2, 0.25) is 0 Å². The van der Waals surface area contributed by atoms with E-state index >= 15 is 0 Å². The number of hydrogen-bond acceptors (Lipinski definition) is 4. The highest BCUT2D eigenvalue weighted by Crippen LogP contribution is 2.45. The molecule has 1 amide bonds. The zero-order valence-corrected chi connectivity index (χ0v) is 18.3. The number of likely N-dealkylation sites (tertiary alicyclic amines) is 1. The molecule has 166 valence electrons. The van der Waals surface area contributed by atoms with Gasteiger partial charge in [-0.05, 0) is 23.8 Å². The Labute approximate surface area is 181 Å². The molecule has 2 aromatic rings. The summed E-state index contributed by atoms with van der Waals surface area (Å²) in [5.74, 6) is -2.62. The molecule has 2 atom stereocenters. The molecule has 0 radical (unpaired) electrons. The lowest BCUT2D eigenvalue weighted by molar-refractivity contribution is -0.139. The fourth-order valence-corrected chi connectivity index (χ4v) is 6.37. The fourth-order valence-electron chi connectivity index (χ4n) is 4.80. The first-order valence-electron chi connectivity index (χ1n) is 10.1. The number of hydrogen-bond donors (Lipinski definition) is 0. The van der Waals surface area contributed by atoms with Crippen molar-refractivity contribution in [1.29, 1.82) is 0 Å². The van der Waals surface area contributed by atoms with E-state index in [1.54, 1.807) is 14.1 Å². The van der Waals surface area contributed by atoms with Crippen LogP contribution in [0.5, 0.6) is 0 Å². The predicted octanol–water partition coefficient (Wildman–Crippen LogP) is 2.18. The van der Waals surface area contributed by atoms with Gasteiger partial charge in [0.2, 0.25) is 15.9 Å². The number of benzene rings is 2. The maximum absolute atomic E-state index is 13.7. The molecule has 31 heavy (non-hydrogen) atoms. The molecule has 0 bridgehead atoms. The van der Waals surface area contributed by atoms with Crippen LogP contribution in [0.1, 0.15) is 5.56 Å². The SMILES string of the molecule is CN(C)C(=O)[C@]12CN(Cc3ccccc3)C[C@H]1CN(S(=O)(=O)c1ccc(F)c(F)c1)C2. The number of carbonyl (C=O) groups excluding carboxylic acids is 1. The molecule has 0 unspecified atom stereocenters. The number of rotatable bonds is 5. The molecule has 2 heterocycles. The summed E-state index contributed by atoms with van der Waals surface area (Å²) in [5.41, 5.74) is 0.255. The second-order valence-electron chi connectivity index (χ2n) is 8.58. The average molecular weight is 450 g/mol. The van der Waals surface area contributed by atoms with E-state index in [0.717, 1.165) is 17.7 Å². The summed E-state index contributed by atoms with van der Waals surface area (Å²) in [6.07, 6.45) is 0. The molecule has 0 aliphatic carbocycles. The Kier molecular flexibility index (Phi) is 5.61. The lowest BCUT2D eigenvalue weighted by Gasteiger charge is -2.31. The smallest absolute Gasteiger partial charge is 0.243 e. The monoisotopic (exact) mass is 449 g/mol. The van der Waals surface area contributed by atoms with Gasteiger partial charge in [0.1, 0.15) is 0 Å². The van der Waals surface area contributed by atoms with Crippen molar-refractivity contribution in [3.63, 3.8) is 0 Å². The number of amides is 1. The molecule has 6 nitrogen and oxygen atoms in total. The molecular weight excluding hydrogens is 424 g/mol. The van der Waals surface area contributed by atoms with Crippen LogP contribution in [0.15, 0.2) is 53.4 Å². The van der Waals surface area contributed by atoms with Gasteiger partial charge in [-0.15, -0.1) is 0 Å². The number of fused-ring (bicyclic) bond motifs is 1. The second kappa shape index (κ2) is 7.96. The van der Waals surface area contributed by atoms with Gasteiger partial charge in [-0.1, -0.05) is 30.3 Å². The molecule has 0 spiro atoms. The van der Waals surface area contributed by atoms with Gasteiger partial charge in [-0.25, -0.2) is 17.2 Å². The number of nitrogens with zero attached hydrogens (tertiary/aromatic N) is 3. The first-order valence-corrected chi connectivity index (χ1v) is 11.5. The molecule has 4 rings (SSSR count). The van der Waals surface area contributed by atoms with Crippen LogP contribution in [0.25, 0.3) is 0 Å². The van der Waals surface area contributed by atoms with Crippen LogP contribution in [0, 0.1) is 23.0 Å². The Morgan fingerprint density at radius 3 is 2.42 bits per heavy atom. The van der Waals surface area contributed by atoms with Crippen LogP contribution in [0.3, 0.4) is 0 Å². The van der Waals surface area contributed by atoms with Gasteiger partial charge in [0.15, 0.2) is 11.6 Å². The molecular formula is C22H25F2N3O3S. The maximum atomic E-state index is 13.7. The van der Waals surface area contributed by atoms with Crippen molar-refractivity contribution in [3.05, 3.63) is 65.7 Å². The lowest BCUT2D eigenvalue weighted by Crippen LogP contribution is -2.47. The van der Waals surface area contributed by atoms with Gasteiger partial charge in [-0.3, -0.25) is 9.69 Å². The topological polar surface area (TPSA) is 60.9 Å². The van der Waals surface area contributed by atoms with E-state index < -0.39 is 27.1 Å². The highest BCUT2D eigenvalue weighted by molar-refractivity contribution is 7.89. The summed E-state index contributed by atoms with van der Waals surface area (Å²) in [6, 6.07) is 12.5. The summed E-state index contributed by atoms with van der Waals surface area (Å²) < 4.78 is 54.5. The highest BCUT2D eigenvalue weighted by atomic mass is 32.2. The molecule has 9 heteroatoms. The van der Waals surface area contributed by atoms with Gasteiger partial charge in [0.05, 0.1) is 10.3 Å². The van der Waals surface area contributed by atoms with Crippen LogP contribution in [-0.2, 0) is 21.4 Å². The zero-order chi connectivity index (χ0) is 22.4. The van der Waals surface area contributed by atoms with Crippen LogP contribution in [-0.4, -0.2) is 68.7 Å². The van der Waals surface area contributed by atoms with Gasteiger partial charge in [0, 0.05) is 52.7 Å². The number of sulfonamides is 1. The Bertz CT molecular complexity index is 1090. The second-order valence-corrected chi connectivity index (χ2v) is 10.5. The third-order valence-corrected chi connectivity index (χ3v) is 8.07. The van der Waals surface area contributed by atoms with Crippen molar-refractivity contribution in [2.24, 2.45) is 11.3 Å². The minimum absolute atomic E-state index is 0.0152. The first-order chi connectivity index (χ1) is 14.6. The molecule has 2 aliphatic rings. The summed E-state index contributed by atoms with van der Waals surface area (Å²) in [6.45, 7) is 1.87. The zero-order valence-electron chi connectivity index (χ0n) is 17.5. The quantitative estimate of drug-likeness (QED) is 0.702. The minimum atomic E-state index is -4.06. The van der Waals surface area contributed by atoms with Crippen LogP contribution in [0.4, 0.5) is 8.78 Å². The maximum Gasteiger partial charge on any atom is 0.243 e. The fraction of sp³-hybridized carbons (Fsp3) is 0.409. The molecule has 0 saturated carbocycles. The van der Waals surface area contributed by atoms with E-state index in [-0.39, 0.29) is 29.8 Å². The van der Waals surface area contributed by atoms with Crippen molar-refractivity contribution >= 4 is 15.9 Å². The molecule has 0 aromatic heterocycles. The largest absolute Gasteiger partial charge is 0.348 e. The molecule has 2 saturated heterocycles. The number of carbonyl (C=O) groups is 1. The summed E-state index contributed by atoms with van der Waals surface area (Å²) in [4.78, 5) is 16.6. The summed E-state index contributed by atoms with van der Waals surface area (Å²) >= 11 is 0. The summed E-state index contributed by atoms with van der Waals surface area (Å²) in [5, 5.41) is 0. The third kappa shape index (κ3) is 3.86. The Balaban J connectivity index is 1.61. The molecule has 0 N–H and O–H groups in total. The molecule has 2 aliphatic heterocycles. The number of halogens is 2. The van der Waals surface area contributed by atoms with Gasteiger partial charge < -0.3 is 4.90 Å². The highest BCUT2D eigenvalue weighted by Gasteiger charge is 2.59. The normalized spacial score (nSPS) is 24.3. The molecule has 2 aromatic carbocycles. The third-order valence-electron chi connectivity index (χ3n) is 6.26. The van der Waals surface area contributed by atoms with E-state index in [1.807, 2.05) is 30.3 Å². The van der Waals surface area contributed by atoms with E-state index in [2.05, 4.69) is 4.90 Å². The lowest BCUT2D eigenvalue weighted by atomic mass is 9.80.